The van der Waals surface area contributed by atoms with Gasteiger partial charge in [-0.15, -0.1) is 0 Å². The molecule has 2 heterocycles. The Hall–Kier alpha value is -1.40. The van der Waals surface area contributed by atoms with E-state index in [-0.39, 0.29) is 5.91 Å². The number of nitrogens with zero attached hydrogens (tertiary/aromatic N) is 3. The van der Waals surface area contributed by atoms with Gasteiger partial charge in [0.2, 0.25) is 5.91 Å². The van der Waals surface area contributed by atoms with Crippen LogP contribution in [0.5, 0.6) is 0 Å². The zero-order chi connectivity index (χ0) is 11.4. The number of aromatic nitrogens is 2. The van der Waals surface area contributed by atoms with E-state index in [1.807, 2.05) is 6.07 Å². The van der Waals surface area contributed by atoms with Crippen molar-refractivity contribution in [2.24, 2.45) is 11.5 Å². The predicted molar refractivity (Wildman–Crippen MR) is 58.3 cm³/mol. The summed E-state index contributed by atoms with van der Waals surface area (Å²) >= 11 is 0. The highest BCUT2D eigenvalue weighted by Gasteiger charge is 2.25. The molecule has 1 aromatic rings. The number of carbonyl (C=O) groups is 1. The number of hydrogen-bond donors (Lipinski definition) is 2. The summed E-state index contributed by atoms with van der Waals surface area (Å²) in [5.74, 6) is 0.775. The second-order valence-corrected chi connectivity index (χ2v) is 3.20. The fourth-order valence-electron chi connectivity index (χ4n) is 1.53. The smallest absolute Gasteiger partial charge is 0.244 e. The minimum absolute atomic E-state index is 0.0424. The third kappa shape index (κ3) is 2.16. The molecule has 0 bridgehead atoms. The number of amides is 1. The van der Waals surface area contributed by atoms with Crippen LogP contribution in [0.1, 0.15) is 6.42 Å². The normalized spacial score (nSPS) is 20.1. The van der Waals surface area contributed by atoms with E-state index < -0.39 is 6.04 Å². The lowest BCUT2D eigenvalue weighted by atomic mass is 10.2. The van der Waals surface area contributed by atoms with Crippen molar-refractivity contribution in [3.05, 3.63) is 12.3 Å². The minimum Gasteiger partial charge on any atom is -0.333 e. The van der Waals surface area contributed by atoms with Crippen molar-refractivity contribution in [3.63, 3.8) is 0 Å². The molecule has 0 aromatic carbocycles. The van der Waals surface area contributed by atoms with E-state index in [2.05, 4.69) is 10.8 Å². The number of carbonyl (C=O) groups excluding carboxylic acids is 1. The van der Waals surface area contributed by atoms with E-state index in [4.69, 9.17) is 5.73 Å². The number of likely N-dealkylation sites (N-methyl/N-ethyl adjacent to an activating group) is 1. The van der Waals surface area contributed by atoms with E-state index in [1.165, 1.54) is 7.05 Å². The number of fused-ring (bicyclic) bond motifs is 1. The quantitative estimate of drug-likeness (QED) is 0.585. The van der Waals surface area contributed by atoms with Gasteiger partial charge >= 0.3 is 0 Å². The van der Waals surface area contributed by atoms with Crippen molar-refractivity contribution in [3.8, 4) is 0 Å². The van der Waals surface area contributed by atoms with Crippen molar-refractivity contribution in [2.75, 3.05) is 19.0 Å². The van der Waals surface area contributed by atoms with Crippen molar-refractivity contribution >= 4 is 11.7 Å². The Labute approximate surface area is 88.8 Å². The van der Waals surface area contributed by atoms with Crippen molar-refractivity contribution in [1.82, 2.24) is 9.78 Å². The molecule has 15 heavy (non-hydrogen) atoms. The molecule has 1 atom stereocenters. The molecule has 1 aromatic heterocycles. The SMILES string of the molecule is CN.CN1C(=O)[C@@H](N)CCn2nccc21. The maximum Gasteiger partial charge on any atom is 0.244 e. The highest BCUT2D eigenvalue weighted by atomic mass is 16.2. The Bertz CT molecular complexity index is 335. The zero-order valence-electron chi connectivity index (χ0n) is 9.05. The zero-order valence-corrected chi connectivity index (χ0v) is 9.05. The summed E-state index contributed by atoms with van der Waals surface area (Å²) in [6.45, 7) is 0.708. The summed E-state index contributed by atoms with van der Waals surface area (Å²) in [5, 5.41) is 4.10. The molecule has 6 nitrogen and oxygen atoms in total. The molecule has 0 unspecified atom stereocenters. The van der Waals surface area contributed by atoms with Gasteiger partial charge in [0.1, 0.15) is 5.82 Å². The van der Waals surface area contributed by atoms with Crippen LogP contribution in [0.2, 0.25) is 0 Å². The standard InChI is InChI=1S/C8H12N4O.CH5N/c1-11-7-2-4-10-12(7)5-3-6(9)8(11)13;1-2/h2,4,6H,3,5,9H2,1H3;2H2,1H3/t6-;/m0./s1. The van der Waals surface area contributed by atoms with Gasteiger partial charge in [-0.1, -0.05) is 0 Å². The molecule has 4 N–H and O–H groups in total. The number of anilines is 1. The van der Waals surface area contributed by atoms with Gasteiger partial charge in [-0.25, -0.2) is 4.68 Å². The summed E-state index contributed by atoms with van der Waals surface area (Å²) in [6.07, 6.45) is 2.34. The van der Waals surface area contributed by atoms with Gasteiger partial charge in [0.15, 0.2) is 0 Å². The molecule has 1 amide bonds. The second-order valence-electron chi connectivity index (χ2n) is 3.20. The molecule has 1 aliphatic rings. The molecular formula is C9H17N5O. The van der Waals surface area contributed by atoms with Gasteiger partial charge < -0.3 is 11.5 Å². The number of hydrogen-bond acceptors (Lipinski definition) is 4. The van der Waals surface area contributed by atoms with Crippen LogP contribution in [0.25, 0.3) is 0 Å². The monoisotopic (exact) mass is 211 g/mol. The Morgan fingerprint density at radius 2 is 2.20 bits per heavy atom. The van der Waals surface area contributed by atoms with Gasteiger partial charge in [0.25, 0.3) is 0 Å². The first-order chi connectivity index (χ1) is 7.20. The first kappa shape index (κ1) is 11.7. The number of rotatable bonds is 0. The molecule has 0 fully saturated rings. The van der Waals surface area contributed by atoms with E-state index in [0.717, 1.165) is 5.82 Å². The van der Waals surface area contributed by atoms with Crippen molar-refractivity contribution in [1.29, 1.82) is 0 Å². The lowest BCUT2D eigenvalue weighted by Gasteiger charge is -2.16. The molecule has 0 aliphatic carbocycles. The van der Waals surface area contributed by atoms with Crippen LogP contribution in [0.15, 0.2) is 12.3 Å². The van der Waals surface area contributed by atoms with Gasteiger partial charge in [-0.2, -0.15) is 5.10 Å². The van der Waals surface area contributed by atoms with Crippen LogP contribution in [0.3, 0.4) is 0 Å². The predicted octanol–water partition coefficient (Wildman–Crippen LogP) is -0.848. The Morgan fingerprint density at radius 3 is 2.87 bits per heavy atom. The van der Waals surface area contributed by atoms with E-state index >= 15 is 0 Å². The average Bonchev–Trinajstić information content (AvgIpc) is 2.71. The van der Waals surface area contributed by atoms with Gasteiger partial charge in [-0.3, -0.25) is 9.69 Å². The third-order valence-electron chi connectivity index (χ3n) is 2.34. The summed E-state index contributed by atoms with van der Waals surface area (Å²) in [5.41, 5.74) is 10.2. The minimum atomic E-state index is -0.397. The molecule has 0 saturated carbocycles. The van der Waals surface area contributed by atoms with Crippen LogP contribution >= 0.6 is 0 Å². The Balaban J connectivity index is 0.000000531. The molecule has 0 radical (unpaired) electrons. The molecule has 1 aliphatic heterocycles. The first-order valence-corrected chi connectivity index (χ1v) is 4.83. The highest BCUT2D eigenvalue weighted by molar-refractivity contribution is 5.96. The Kier molecular flexibility index (Phi) is 3.81. The summed E-state index contributed by atoms with van der Waals surface area (Å²) in [6, 6.07) is 1.42. The summed E-state index contributed by atoms with van der Waals surface area (Å²) < 4.78 is 1.80. The van der Waals surface area contributed by atoms with E-state index in [1.54, 1.807) is 22.8 Å². The van der Waals surface area contributed by atoms with Gasteiger partial charge in [0.05, 0.1) is 12.2 Å². The number of aryl methyl sites for hydroxylation is 1. The topological polar surface area (TPSA) is 90.2 Å². The summed E-state index contributed by atoms with van der Waals surface area (Å²) in [4.78, 5) is 13.1. The fraction of sp³-hybridized carbons (Fsp3) is 0.556. The average molecular weight is 211 g/mol. The lowest BCUT2D eigenvalue weighted by molar-refractivity contribution is -0.119. The third-order valence-corrected chi connectivity index (χ3v) is 2.34. The number of nitrogens with two attached hydrogens (primary N) is 2. The first-order valence-electron chi connectivity index (χ1n) is 4.83. The second kappa shape index (κ2) is 4.90. The molecule has 0 spiro atoms. The van der Waals surface area contributed by atoms with Crippen LogP contribution in [-0.4, -0.2) is 35.8 Å². The van der Waals surface area contributed by atoms with Crippen LogP contribution in [0.4, 0.5) is 5.82 Å². The highest BCUT2D eigenvalue weighted by Crippen LogP contribution is 2.17. The van der Waals surface area contributed by atoms with Gasteiger partial charge in [-0.05, 0) is 13.5 Å². The summed E-state index contributed by atoms with van der Waals surface area (Å²) in [7, 11) is 3.22. The molecule has 84 valence electrons. The molecule has 2 rings (SSSR count). The maximum absolute atomic E-state index is 11.6. The van der Waals surface area contributed by atoms with Crippen LogP contribution in [0, 0.1) is 0 Å². The maximum atomic E-state index is 11.6. The molecular weight excluding hydrogens is 194 g/mol. The van der Waals surface area contributed by atoms with Crippen molar-refractivity contribution in [2.45, 2.75) is 19.0 Å². The molecule has 0 saturated heterocycles. The van der Waals surface area contributed by atoms with Crippen molar-refractivity contribution < 1.29 is 4.79 Å². The molecule has 6 heteroatoms. The Morgan fingerprint density at radius 1 is 1.53 bits per heavy atom. The fourth-order valence-corrected chi connectivity index (χ4v) is 1.53. The van der Waals surface area contributed by atoms with E-state index in [0.29, 0.717) is 13.0 Å². The largest absolute Gasteiger partial charge is 0.333 e. The van der Waals surface area contributed by atoms with E-state index in [9.17, 15) is 4.79 Å². The van der Waals surface area contributed by atoms with Gasteiger partial charge in [0, 0.05) is 19.7 Å². The lowest BCUT2D eigenvalue weighted by Crippen LogP contribution is -2.40. The van der Waals surface area contributed by atoms with Crippen LogP contribution < -0.4 is 16.4 Å². The van der Waals surface area contributed by atoms with Crippen LogP contribution in [-0.2, 0) is 11.3 Å².